The Labute approximate surface area is 319 Å². The zero-order valence-electron chi connectivity index (χ0n) is 29.8. The van der Waals surface area contributed by atoms with Crippen molar-refractivity contribution < 1.29 is 33.0 Å². The van der Waals surface area contributed by atoms with E-state index < -0.39 is 11.0 Å². The number of ketones is 2. The van der Waals surface area contributed by atoms with Crippen molar-refractivity contribution in [3.63, 3.8) is 0 Å². The SMILES string of the molecule is C[C@H]1OC[C@@](CC(=S)CC(=O)c2ccccc2)(c2ccccc2F)[C@@H]1CO.C[C@H]1OC[C@]2(c3ccccc3F)N=C(CC(=O)c3ccccc3)SC[C@H]12. The van der Waals surface area contributed by atoms with Gasteiger partial charge < -0.3 is 14.6 Å². The summed E-state index contributed by atoms with van der Waals surface area (Å²) in [4.78, 5) is 30.5. The highest BCUT2D eigenvalue weighted by molar-refractivity contribution is 8.14. The third-order valence-corrected chi connectivity index (χ3v) is 12.1. The molecule has 7 rings (SSSR count). The second-order valence-electron chi connectivity index (χ2n) is 13.9. The Kier molecular flexibility index (Phi) is 12.5. The Morgan fingerprint density at radius 1 is 0.792 bits per heavy atom. The summed E-state index contributed by atoms with van der Waals surface area (Å²) in [6, 6.07) is 31.5. The number of thioether (sulfide) groups is 1. The van der Waals surface area contributed by atoms with Crippen LogP contribution in [-0.2, 0) is 20.4 Å². The number of carbonyl (C=O) groups excluding carboxylic acids is 2. The number of aliphatic hydroxyl groups excluding tert-OH is 1. The van der Waals surface area contributed by atoms with E-state index in [0.29, 0.717) is 40.1 Å². The molecule has 2 saturated heterocycles. The average molecular weight is 756 g/mol. The van der Waals surface area contributed by atoms with Gasteiger partial charge in [0.15, 0.2) is 11.6 Å². The van der Waals surface area contributed by atoms with E-state index in [-0.39, 0.29) is 73.3 Å². The Morgan fingerprint density at radius 3 is 1.94 bits per heavy atom. The summed E-state index contributed by atoms with van der Waals surface area (Å²) in [5.41, 5.74) is 0.834. The molecule has 0 amide bonds. The molecule has 1 N–H and O–H groups in total. The van der Waals surface area contributed by atoms with Crippen LogP contribution in [-0.4, -0.2) is 64.4 Å². The summed E-state index contributed by atoms with van der Waals surface area (Å²) in [5, 5.41) is 10.7. The van der Waals surface area contributed by atoms with Crippen molar-refractivity contribution in [1.29, 1.82) is 0 Å². The molecule has 2 fully saturated rings. The van der Waals surface area contributed by atoms with Crippen molar-refractivity contribution in [2.45, 2.75) is 56.3 Å². The summed E-state index contributed by atoms with van der Waals surface area (Å²) in [7, 11) is 0. The smallest absolute Gasteiger partial charge is 0.169 e. The van der Waals surface area contributed by atoms with Crippen molar-refractivity contribution in [3.05, 3.63) is 143 Å². The number of hydrogen-bond acceptors (Lipinski definition) is 8. The van der Waals surface area contributed by atoms with E-state index in [1.54, 1.807) is 54.2 Å². The molecular formula is C43H43F2NO5S2. The first kappa shape index (κ1) is 38.8. The van der Waals surface area contributed by atoms with Gasteiger partial charge in [-0.1, -0.05) is 109 Å². The zero-order chi connectivity index (χ0) is 37.6. The normalized spacial score (nSPS) is 26.2. The molecule has 4 aromatic rings. The zero-order valence-corrected chi connectivity index (χ0v) is 31.4. The lowest BCUT2D eigenvalue weighted by Crippen LogP contribution is -2.41. The Balaban J connectivity index is 0.000000181. The molecule has 6 atom stereocenters. The maximum Gasteiger partial charge on any atom is 0.169 e. The molecule has 53 heavy (non-hydrogen) atoms. The lowest BCUT2D eigenvalue weighted by Gasteiger charge is -2.36. The number of carbonyl (C=O) groups is 2. The number of Topliss-reactive ketones (excluding diaryl/α,β-unsaturated/α-hetero) is 2. The Morgan fingerprint density at radius 2 is 1.34 bits per heavy atom. The van der Waals surface area contributed by atoms with Crippen LogP contribution in [0.4, 0.5) is 8.78 Å². The van der Waals surface area contributed by atoms with E-state index in [0.717, 1.165) is 10.8 Å². The first-order valence-electron chi connectivity index (χ1n) is 17.8. The lowest BCUT2D eigenvalue weighted by atomic mass is 9.67. The monoisotopic (exact) mass is 755 g/mol. The van der Waals surface area contributed by atoms with Gasteiger partial charge in [0.05, 0.1) is 36.9 Å². The van der Waals surface area contributed by atoms with Gasteiger partial charge in [-0.3, -0.25) is 14.6 Å². The third-order valence-electron chi connectivity index (χ3n) is 10.7. The van der Waals surface area contributed by atoms with Crippen LogP contribution in [0.2, 0.25) is 0 Å². The van der Waals surface area contributed by atoms with Crippen LogP contribution in [0.3, 0.4) is 0 Å². The number of thiocarbonyl (C=S) groups is 1. The van der Waals surface area contributed by atoms with Crippen LogP contribution in [0.15, 0.2) is 114 Å². The summed E-state index contributed by atoms with van der Waals surface area (Å²) < 4.78 is 40.9. The first-order chi connectivity index (χ1) is 25.6. The molecule has 3 aliphatic heterocycles. The summed E-state index contributed by atoms with van der Waals surface area (Å²) in [6.07, 6.45) is 0.463. The number of ether oxygens (including phenoxy) is 2. The minimum Gasteiger partial charge on any atom is -0.396 e. The highest BCUT2D eigenvalue weighted by Crippen LogP contribution is 2.49. The van der Waals surface area contributed by atoms with Crippen molar-refractivity contribution in [1.82, 2.24) is 0 Å². The minimum absolute atomic E-state index is 0.0113. The second-order valence-corrected chi connectivity index (χ2v) is 15.6. The predicted octanol–water partition coefficient (Wildman–Crippen LogP) is 8.60. The molecule has 3 heterocycles. The number of aliphatic hydroxyl groups is 1. The van der Waals surface area contributed by atoms with Gasteiger partial charge in [-0.25, -0.2) is 8.78 Å². The quantitative estimate of drug-likeness (QED) is 0.121. The average Bonchev–Trinajstić information content (AvgIpc) is 3.68. The second kappa shape index (κ2) is 17.0. The molecule has 0 spiro atoms. The molecule has 0 aromatic heterocycles. The van der Waals surface area contributed by atoms with Gasteiger partial charge >= 0.3 is 0 Å². The maximum absolute atomic E-state index is 14.7. The van der Waals surface area contributed by atoms with Crippen LogP contribution in [0, 0.1) is 23.5 Å². The van der Waals surface area contributed by atoms with Gasteiger partial charge in [0.2, 0.25) is 0 Å². The van der Waals surface area contributed by atoms with Crippen LogP contribution in [0.1, 0.15) is 65.0 Å². The molecule has 0 bridgehead atoms. The van der Waals surface area contributed by atoms with E-state index in [1.165, 1.54) is 12.1 Å². The molecule has 0 saturated carbocycles. The van der Waals surface area contributed by atoms with Crippen molar-refractivity contribution in [3.8, 4) is 0 Å². The van der Waals surface area contributed by atoms with E-state index in [1.807, 2.05) is 68.4 Å². The van der Waals surface area contributed by atoms with Gasteiger partial charge in [-0.15, -0.1) is 11.8 Å². The number of rotatable bonds is 11. The van der Waals surface area contributed by atoms with Gasteiger partial charge in [0, 0.05) is 57.6 Å². The van der Waals surface area contributed by atoms with Crippen LogP contribution in [0.25, 0.3) is 0 Å². The number of nitrogens with zero attached hydrogens (tertiary/aromatic N) is 1. The number of fused-ring (bicyclic) bond motifs is 1. The largest absolute Gasteiger partial charge is 0.396 e. The highest BCUT2D eigenvalue weighted by Gasteiger charge is 2.53. The van der Waals surface area contributed by atoms with Gasteiger partial charge in [0.25, 0.3) is 0 Å². The summed E-state index contributed by atoms with van der Waals surface area (Å²) in [6.45, 7) is 4.37. The fourth-order valence-corrected chi connectivity index (χ4v) is 9.59. The lowest BCUT2D eigenvalue weighted by molar-refractivity contribution is 0.0861. The molecule has 3 aliphatic rings. The summed E-state index contributed by atoms with van der Waals surface area (Å²) in [5.74, 6) is -0.0523. The maximum atomic E-state index is 14.7. The number of halogens is 2. The number of hydrogen-bond donors (Lipinski definition) is 1. The van der Waals surface area contributed by atoms with Gasteiger partial charge in [-0.2, -0.15) is 0 Å². The molecule has 10 heteroatoms. The fraction of sp³-hybridized carbons (Fsp3) is 0.349. The molecule has 6 nitrogen and oxygen atoms in total. The molecule has 0 aliphatic carbocycles. The van der Waals surface area contributed by atoms with E-state index in [9.17, 15) is 23.5 Å². The van der Waals surface area contributed by atoms with Crippen molar-refractivity contribution in [2.75, 3.05) is 25.6 Å². The minimum atomic E-state index is -0.770. The molecule has 0 radical (unpaired) electrons. The van der Waals surface area contributed by atoms with E-state index in [2.05, 4.69) is 0 Å². The van der Waals surface area contributed by atoms with Crippen molar-refractivity contribution >= 4 is 45.5 Å². The standard InChI is InChI=1S/C22H23FO3S.C21H20FNO2S/c1-15-19(13-24)22(14-26-15,18-9-5-6-10-20(18)23)12-17(27)11-21(25)16-7-3-2-4-8-16;1-14-17-12-26-20(11-19(24)15-7-3-2-4-8-15)23-21(17,13-25-14)16-9-5-6-10-18(16)22/h2-10,15,19,24H,11-14H2,1H3;2-10,14,17H,11-13H2,1H3/t15-,19-,22+;14-,17-,21-/m11/s1. The first-order valence-corrected chi connectivity index (χ1v) is 19.2. The van der Waals surface area contributed by atoms with E-state index in [4.69, 9.17) is 26.7 Å². The Bertz CT molecular complexity index is 1960. The van der Waals surface area contributed by atoms with Crippen LogP contribution >= 0.6 is 24.0 Å². The fourth-order valence-electron chi connectivity index (χ4n) is 7.82. The van der Waals surface area contributed by atoms with Crippen LogP contribution in [0.5, 0.6) is 0 Å². The number of benzene rings is 4. The number of aliphatic imine (C=N–C) groups is 1. The van der Waals surface area contributed by atoms with E-state index >= 15 is 0 Å². The molecule has 0 unspecified atom stereocenters. The molecule has 4 aromatic carbocycles. The van der Waals surface area contributed by atoms with Gasteiger partial charge in [-0.05, 0) is 38.0 Å². The van der Waals surface area contributed by atoms with Crippen LogP contribution < -0.4 is 0 Å². The highest BCUT2D eigenvalue weighted by atomic mass is 32.2. The molecular weight excluding hydrogens is 713 g/mol. The third kappa shape index (κ3) is 8.27. The molecule has 276 valence electrons. The topological polar surface area (TPSA) is 85.2 Å². The summed E-state index contributed by atoms with van der Waals surface area (Å²) >= 11 is 7.13. The predicted molar refractivity (Wildman–Crippen MR) is 209 cm³/mol. The van der Waals surface area contributed by atoms with Gasteiger partial charge in [0.1, 0.15) is 17.2 Å². The van der Waals surface area contributed by atoms with Crippen molar-refractivity contribution in [2.24, 2.45) is 16.8 Å². The Hall–Kier alpha value is -3.93.